The molecule has 0 aromatic heterocycles. The molecule has 2 unspecified atom stereocenters. The first-order valence-corrected chi connectivity index (χ1v) is 6.67. The van der Waals surface area contributed by atoms with Crippen LogP contribution in [0.15, 0.2) is 0 Å². The second kappa shape index (κ2) is 6.05. The van der Waals surface area contributed by atoms with E-state index in [1.54, 1.807) is 0 Å². The molecular weight excluding hydrogens is 236 g/mol. The molecule has 17 heavy (non-hydrogen) atoms. The van der Waals surface area contributed by atoms with Crippen LogP contribution in [0.5, 0.6) is 0 Å². The van der Waals surface area contributed by atoms with Crippen LogP contribution in [0.4, 0.5) is 0 Å². The Kier molecular flexibility index (Phi) is 5.26. The van der Waals surface area contributed by atoms with Gasteiger partial charge in [0.05, 0.1) is 0 Å². The SMILES string of the molecule is CC1(NC(=O)C2CCCC(N)C2)CCCC1.Cl. The van der Waals surface area contributed by atoms with Crippen LogP contribution in [-0.4, -0.2) is 17.5 Å². The smallest absolute Gasteiger partial charge is 0.223 e. The van der Waals surface area contributed by atoms with Gasteiger partial charge in [0.2, 0.25) is 5.91 Å². The molecule has 100 valence electrons. The number of carbonyl (C=O) groups is 1. The van der Waals surface area contributed by atoms with Gasteiger partial charge in [-0.15, -0.1) is 12.4 Å². The Morgan fingerprint density at radius 2 is 1.88 bits per heavy atom. The number of halogens is 1. The zero-order valence-corrected chi connectivity index (χ0v) is 11.5. The van der Waals surface area contributed by atoms with Gasteiger partial charge in [-0.05, 0) is 39.0 Å². The molecule has 0 bridgehead atoms. The standard InChI is InChI=1S/C13H24N2O.ClH/c1-13(7-2-3-8-13)15-12(16)10-5-4-6-11(14)9-10;/h10-11H,2-9,14H2,1H3,(H,15,16);1H. The van der Waals surface area contributed by atoms with Crippen LogP contribution in [-0.2, 0) is 4.79 Å². The zero-order valence-electron chi connectivity index (χ0n) is 10.7. The average molecular weight is 261 g/mol. The van der Waals surface area contributed by atoms with Crippen LogP contribution in [0, 0.1) is 5.92 Å². The van der Waals surface area contributed by atoms with Gasteiger partial charge in [-0.1, -0.05) is 19.3 Å². The maximum atomic E-state index is 12.1. The first-order valence-electron chi connectivity index (χ1n) is 6.67. The third kappa shape index (κ3) is 3.85. The highest BCUT2D eigenvalue weighted by Gasteiger charge is 2.33. The van der Waals surface area contributed by atoms with Crippen molar-refractivity contribution in [1.29, 1.82) is 0 Å². The highest BCUT2D eigenvalue weighted by atomic mass is 35.5. The minimum atomic E-state index is 0. The molecule has 2 atom stereocenters. The summed E-state index contributed by atoms with van der Waals surface area (Å²) in [6.07, 6.45) is 8.87. The molecule has 3 N–H and O–H groups in total. The summed E-state index contributed by atoms with van der Waals surface area (Å²) in [4.78, 5) is 12.1. The fourth-order valence-electron chi connectivity index (χ4n) is 3.15. The van der Waals surface area contributed by atoms with E-state index in [9.17, 15) is 4.79 Å². The van der Waals surface area contributed by atoms with Crippen molar-refractivity contribution in [2.24, 2.45) is 11.7 Å². The minimum absolute atomic E-state index is 0. The van der Waals surface area contributed by atoms with Crippen molar-refractivity contribution in [2.75, 3.05) is 0 Å². The summed E-state index contributed by atoms with van der Waals surface area (Å²) in [7, 11) is 0. The molecule has 4 heteroatoms. The number of hydrogen-bond acceptors (Lipinski definition) is 2. The lowest BCUT2D eigenvalue weighted by molar-refractivity contribution is -0.127. The lowest BCUT2D eigenvalue weighted by Gasteiger charge is -2.31. The summed E-state index contributed by atoms with van der Waals surface area (Å²) >= 11 is 0. The van der Waals surface area contributed by atoms with Crippen molar-refractivity contribution >= 4 is 18.3 Å². The van der Waals surface area contributed by atoms with E-state index in [2.05, 4.69) is 12.2 Å². The van der Waals surface area contributed by atoms with Crippen LogP contribution in [0.1, 0.15) is 58.3 Å². The molecule has 0 heterocycles. The molecule has 2 aliphatic rings. The van der Waals surface area contributed by atoms with Crippen LogP contribution in [0.25, 0.3) is 0 Å². The normalized spacial score (nSPS) is 31.6. The number of amides is 1. The van der Waals surface area contributed by atoms with Gasteiger partial charge in [0.15, 0.2) is 0 Å². The van der Waals surface area contributed by atoms with Crippen LogP contribution in [0.3, 0.4) is 0 Å². The molecule has 0 radical (unpaired) electrons. The minimum Gasteiger partial charge on any atom is -0.351 e. The van der Waals surface area contributed by atoms with Crippen LogP contribution in [0.2, 0.25) is 0 Å². The molecule has 2 aliphatic carbocycles. The van der Waals surface area contributed by atoms with E-state index in [-0.39, 0.29) is 35.8 Å². The largest absolute Gasteiger partial charge is 0.351 e. The Morgan fingerprint density at radius 1 is 1.24 bits per heavy atom. The van der Waals surface area contributed by atoms with Crippen LogP contribution >= 0.6 is 12.4 Å². The molecule has 0 aliphatic heterocycles. The van der Waals surface area contributed by atoms with Crippen molar-refractivity contribution in [3.05, 3.63) is 0 Å². The third-order valence-electron chi connectivity index (χ3n) is 4.22. The Balaban J connectivity index is 0.00000144. The summed E-state index contributed by atoms with van der Waals surface area (Å²) in [5.74, 6) is 0.417. The lowest BCUT2D eigenvalue weighted by atomic mass is 9.85. The monoisotopic (exact) mass is 260 g/mol. The van der Waals surface area contributed by atoms with Crippen molar-refractivity contribution in [1.82, 2.24) is 5.32 Å². The highest BCUT2D eigenvalue weighted by Crippen LogP contribution is 2.30. The fraction of sp³-hybridized carbons (Fsp3) is 0.923. The summed E-state index contributed by atoms with van der Waals surface area (Å²) in [5, 5.41) is 3.25. The number of nitrogens with one attached hydrogen (secondary N) is 1. The van der Waals surface area contributed by atoms with E-state index in [1.807, 2.05) is 0 Å². The van der Waals surface area contributed by atoms with Gasteiger partial charge in [-0.3, -0.25) is 4.79 Å². The molecule has 0 aromatic carbocycles. The number of rotatable bonds is 2. The second-order valence-electron chi connectivity index (χ2n) is 5.88. The van der Waals surface area contributed by atoms with E-state index in [1.165, 1.54) is 12.8 Å². The van der Waals surface area contributed by atoms with Gasteiger partial charge in [-0.2, -0.15) is 0 Å². The summed E-state index contributed by atoms with van der Waals surface area (Å²) in [5.41, 5.74) is 5.99. The molecule has 0 aromatic rings. The molecular formula is C13H25ClN2O. The molecule has 0 spiro atoms. The van der Waals surface area contributed by atoms with Crippen molar-refractivity contribution in [3.63, 3.8) is 0 Å². The molecule has 1 amide bonds. The Morgan fingerprint density at radius 3 is 2.47 bits per heavy atom. The Hall–Kier alpha value is -0.280. The van der Waals surface area contributed by atoms with Gasteiger partial charge >= 0.3 is 0 Å². The Bertz CT molecular complexity index is 264. The zero-order chi connectivity index (χ0) is 11.6. The molecule has 2 saturated carbocycles. The maximum Gasteiger partial charge on any atom is 0.223 e. The molecule has 2 rings (SSSR count). The third-order valence-corrected chi connectivity index (χ3v) is 4.22. The highest BCUT2D eigenvalue weighted by molar-refractivity contribution is 5.85. The number of hydrogen-bond donors (Lipinski definition) is 2. The van der Waals surface area contributed by atoms with Crippen molar-refractivity contribution in [2.45, 2.75) is 69.9 Å². The van der Waals surface area contributed by atoms with Gasteiger partial charge in [0.1, 0.15) is 0 Å². The maximum absolute atomic E-state index is 12.1. The van der Waals surface area contributed by atoms with E-state index in [0.717, 1.165) is 38.5 Å². The topological polar surface area (TPSA) is 55.1 Å². The van der Waals surface area contributed by atoms with Gasteiger partial charge in [0, 0.05) is 17.5 Å². The van der Waals surface area contributed by atoms with Gasteiger partial charge in [-0.25, -0.2) is 0 Å². The quantitative estimate of drug-likeness (QED) is 0.801. The average Bonchev–Trinajstić information content (AvgIpc) is 2.65. The number of carbonyl (C=O) groups excluding carboxylic acids is 1. The lowest BCUT2D eigenvalue weighted by Crippen LogP contribution is -2.48. The van der Waals surface area contributed by atoms with Crippen LogP contribution < -0.4 is 11.1 Å². The van der Waals surface area contributed by atoms with Gasteiger partial charge < -0.3 is 11.1 Å². The van der Waals surface area contributed by atoms with E-state index in [4.69, 9.17) is 5.73 Å². The first kappa shape index (κ1) is 14.8. The molecule has 2 fully saturated rings. The van der Waals surface area contributed by atoms with E-state index in [0.29, 0.717) is 0 Å². The predicted molar refractivity (Wildman–Crippen MR) is 72.2 cm³/mol. The summed E-state index contributed by atoms with van der Waals surface area (Å²) in [6.45, 7) is 2.18. The number of nitrogens with two attached hydrogens (primary N) is 1. The summed E-state index contributed by atoms with van der Waals surface area (Å²) in [6, 6.07) is 0.237. The van der Waals surface area contributed by atoms with E-state index >= 15 is 0 Å². The second-order valence-corrected chi connectivity index (χ2v) is 5.88. The van der Waals surface area contributed by atoms with E-state index < -0.39 is 0 Å². The van der Waals surface area contributed by atoms with Crippen molar-refractivity contribution in [3.8, 4) is 0 Å². The first-order chi connectivity index (χ1) is 7.59. The molecule has 3 nitrogen and oxygen atoms in total. The van der Waals surface area contributed by atoms with Crippen molar-refractivity contribution < 1.29 is 4.79 Å². The summed E-state index contributed by atoms with van der Waals surface area (Å²) < 4.78 is 0. The predicted octanol–water partition coefficient (Wildman–Crippen LogP) is 2.37. The Labute approximate surface area is 110 Å². The fourth-order valence-corrected chi connectivity index (χ4v) is 3.15. The van der Waals surface area contributed by atoms with Gasteiger partial charge in [0.25, 0.3) is 0 Å². The molecule has 0 saturated heterocycles.